The largest absolute Gasteiger partial charge is 0.394 e. The van der Waals surface area contributed by atoms with E-state index in [9.17, 15) is 0 Å². The summed E-state index contributed by atoms with van der Waals surface area (Å²) in [6.07, 6.45) is 2.56. The molecule has 0 bridgehead atoms. The minimum absolute atomic E-state index is 0.143. The number of hydrogen-bond donors (Lipinski definition) is 2. The van der Waals surface area contributed by atoms with Crippen molar-refractivity contribution < 1.29 is 19.7 Å². The van der Waals surface area contributed by atoms with Crippen LogP contribution in [0.2, 0.25) is 0 Å². The topological polar surface area (TPSA) is 58.9 Å². The smallest absolute Gasteiger partial charge is 0.174 e. The van der Waals surface area contributed by atoms with Crippen molar-refractivity contribution in [2.24, 2.45) is 0 Å². The second kappa shape index (κ2) is 5.34. The first-order chi connectivity index (χ1) is 6.27. The Morgan fingerprint density at radius 2 is 2.23 bits per heavy atom. The predicted octanol–water partition coefficient (Wildman–Crippen LogP) is 0.0473. The lowest BCUT2D eigenvalue weighted by atomic mass is 10.1. The van der Waals surface area contributed by atoms with Gasteiger partial charge in [-0.25, -0.2) is 0 Å². The molecule has 76 valence electrons. The molecule has 0 unspecified atom stereocenters. The highest BCUT2D eigenvalue weighted by Crippen LogP contribution is 2.14. The first-order valence-corrected chi connectivity index (χ1v) is 4.52. The van der Waals surface area contributed by atoms with Gasteiger partial charge in [0, 0.05) is 6.61 Å². The first-order valence-electron chi connectivity index (χ1n) is 4.52. The molecule has 0 aromatic rings. The lowest BCUT2D eigenvalue weighted by Gasteiger charge is -2.28. The van der Waals surface area contributed by atoms with Gasteiger partial charge in [0.05, 0.1) is 6.61 Å². The number of ether oxygens (including phenoxy) is 2. The van der Waals surface area contributed by atoms with Gasteiger partial charge < -0.3 is 19.7 Å². The Kier molecular flexibility index (Phi) is 4.38. The zero-order valence-corrected chi connectivity index (χ0v) is 7.72. The highest BCUT2D eigenvalue weighted by Gasteiger charge is 2.25. The van der Waals surface area contributed by atoms with E-state index in [0.717, 1.165) is 6.42 Å². The Morgan fingerprint density at radius 3 is 2.85 bits per heavy atom. The maximum Gasteiger partial charge on any atom is 0.174 e. The van der Waals surface area contributed by atoms with Crippen LogP contribution in [0.3, 0.4) is 0 Å². The van der Waals surface area contributed by atoms with E-state index >= 15 is 0 Å². The van der Waals surface area contributed by atoms with Gasteiger partial charge in [-0.3, -0.25) is 0 Å². The van der Waals surface area contributed by atoms with Crippen molar-refractivity contribution >= 4 is 0 Å². The number of rotatable bonds is 4. The van der Waals surface area contributed by atoms with E-state index in [1.54, 1.807) is 6.08 Å². The molecule has 1 aliphatic heterocycles. The standard InChI is InChI=1S/C9H16O4/c1-2-5-12-7-3-4-9(11)13-8(7)6-10/h3-4,7-11H,2,5-6H2,1H3/t7-,8+,9-/m0/s1. The molecular formula is C9H16O4. The van der Waals surface area contributed by atoms with Gasteiger partial charge in [0.2, 0.25) is 0 Å². The quantitative estimate of drug-likeness (QED) is 0.612. The van der Waals surface area contributed by atoms with Gasteiger partial charge in [-0.1, -0.05) is 13.0 Å². The van der Waals surface area contributed by atoms with Gasteiger partial charge in [-0.05, 0) is 12.5 Å². The van der Waals surface area contributed by atoms with Crippen LogP contribution in [0.25, 0.3) is 0 Å². The van der Waals surface area contributed by atoms with E-state index in [2.05, 4.69) is 0 Å². The van der Waals surface area contributed by atoms with Gasteiger partial charge in [0.25, 0.3) is 0 Å². The van der Waals surface area contributed by atoms with Crippen molar-refractivity contribution in [3.63, 3.8) is 0 Å². The van der Waals surface area contributed by atoms with Gasteiger partial charge in [-0.2, -0.15) is 0 Å². The Balaban J connectivity index is 2.45. The second-order valence-corrected chi connectivity index (χ2v) is 2.97. The molecule has 0 saturated heterocycles. The van der Waals surface area contributed by atoms with E-state index in [1.807, 2.05) is 6.92 Å². The molecule has 2 N–H and O–H groups in total. The molecule has 1 aliphatic rings. The monoisotopic (exact) mass is 188 g/mol. The number of aliphatic hydroxyl groups is 2. The van der Waals surface area contributed by atoms with E-state index in [4.69, 9.17) is 19.7 Å². The van der Waals surface area contributed by atoms with Crippen molar-refractivity contribution in [3.05, 3.63) is 12.2 Å². The van der Waals surface area contributed by atoms with E-state index in [0.29, 0.717) is 6.61 Å². The third kappa shape index (κ3) is 3.08. The molecule has 1 heterocycles. The fourth-order valence-corrected chi connectivity index (χ4v) is 1.19. The number of hydrogen-bond acceptors (Lipinski definition) is 4. The molecule has 0 amide bonds. The average molecular weight is 188 g/mol. The molecule has 0 aromatic heterocycles. The normalized spacial score (nSPS) is 33.6. The molecule has 13 heavy (non-hydrogen) atoms. The van der Waals surface area contributed by atoms with Crippen LogP contribution in [0.15, 0.2) is 12.2 Å². The molecule has 0 spiro atoms. The summed E-state index contributed by atoms with van der Waals surface area (Å²) in [6, 6.07) is 0. The Bertz CT molecular complexity index is 169. The van der Waals surface area contributed by atoms with Crippen molar-refractivity contribution in [3.8, 4) is 0 Å². The van der Waals surface area contributed by atoms with Crippen molar-refractivity contribution in [1.82, 2.24) is 0 Å². The summed E-state index contributed by atoms with van der Waals surface area (Å²) in [6.45, 7) is 2.50. The molecule has 0 saturated carbocycles. The molecule has 1 rings (SSSR count). The van der Waals surface area contributed by atoms with Crippen LogP contribution in [-0.4, -0.2) is 41.9 Å². The predicted molar refractivity (Wildman–Crippen MR) is 47.1 cm³/mol. The molecule has 0 fully saturated rings. The van der Waals surface area contributed by atoms with Gasteiger partial charge >= 0.3 is 0 Å². The zero-order valence-electron chi connectivity index (χ0n) is 7.72. The highest BCUT2D eigenvalue weighted by molar-refractivity contribution is 4.99. The molecule has 0 aromatic carbocycles. The summed E-state index contributed by atoms with van der Waals surface area (Å²) >= 11 is 0. The Hall–Kier alpha value is -0.420. The molecule has 4 heteroatoms. The molecule has 0 radical (unpaired) electrons. The molecule has 3 atom stereocenters. The van der Waals surface area contributed by atoms with Crippen LogP contribution in [0.1, 0.15) is 13.3 Å². The second-order valence-electron chi connectivity index (χ2n) is 2.97. The van der Waals surface area contributed by atoms with Crippen molar-refractivity contribution in [2.45, 2.75) is 31.8 Å². The van der Waals surface area contributed by atoms with Crippen molar-refractivity contribution in [1.29, 1.82) is 0 Å². The first kappa shape index (κ1) is 10.7. The fraction of sp³-hybridized carbons (Fsp3) is 0.778. The Labute approximate surface area is 77.8 Å². The molecular weight excluding hydrogens is 172 g/mol. The van der Waals surface area contributed by atoms with Crippen molar-refractivity contribution in [2.75, 3.05) is 13.2 Å². The molecule has 0 aliphatic carbocycles. The fourth-order valence-electron chi connectivity index (χ4n) is 1.19. The third-order valence-corrected chi connectivity index (χ3v) is 1.84. The van der Waals surface area contributed by atoms with Crippen LogP contribution in [-0.2, 0) is 9.47 Å². The lowest BCUT2D eigenvalue weighted by Crippen LogP contribution is -2.39. The van der Waals surface area contributed by atoms with Gasteiger partial charge in [-0.15, -0.1) is 0 Å². The van der Waals surface area contributed by atoms with E-state index in [-0.39, 0.29) is 12.7 Å². The average Bonchev–Trinajstić information content (AvgIpc) is 2.16. The number of aliphatic hydroxyl groups excluding tert-OH is 2. The maximum atomic E-state index is 9.08. The van der Waals surface area contributed by atoms with Crippen LogP contribution >= 0.6 is 0 Å². The highest BCUT2D eigenvalue weighted by atomic mass is 16.6. The SMILES string of the molecule is CCCO[C@H]1C=C[C@@H](O)O[C@@H]1CO. The van der Waals surface area contributed by atoms with E-state index in [1.165, 1.54) is 6.08 Å². The third-order valence-electron chi connectivity index (χ3n) is 1.84. The summed E-state index contributed by atoms with van der Waals surface area (Å²) in [4.78, 5) is 0. The summed E-state index contributed by atoms with van der Waals surface area (Å²) < 4.78 is 10.4. The summed E-state index contributed by atoms with van der Waals surface area (Å²) in [5, 5.41) is 18.0. The Morgan fingerprint density at radius 1 is 1.46 bits per heavy atom. The summed E-state index contributed by atoms with van der Waals surface area (Å²) in [5.41, 5.74) is 0. The minimum Gasteiger partial charge on any atom is -0.394 e. The lowest BCUT2D eigenvalue weighted by molar-refractivity contribution is -0.164. The minimum atomic E-state index is -0.918. The van der Waals surface area contributed by atoms with Crippen LogP contribution in [0, 0.1) is 0 Å². The summed E-state index contributed by atoms with van der Waals surface area (Å²) in [5.74, 6) is 0. The van der Waals surface area contributed by atoms with Gasteiger partial charge in [0.15, 0.2) is 6.29 Å². The van der Waals surface area contributed by atoms with Crippen LogP contribution < -0.4 is 0 Å². The zero-order chi connectivity index (χ0) is 9.68. The van der Waals surface area contributed by atoms with Crippen LogP contribution in [0.5, 0.6) is 0 Å². The molecule has 4 nitrogen and oxygen atoms in total. The van der Waals surface area contributed by atoms with Gasteiger partial charge in [0.1, 0.15) is 12.2 Å². The van der Waals surface area contributed by atoms with E-state index < -0.39 is 12.4 Å². The summed E-state index contributed by atoms with van der Waals surface area (Å²) in [7, 11) is 0. The maximum absolute atomic E-state index is 9.08. The van der Waals surface area contributed by atoms with Crippen LogP contribution in [0.4, 0.5) is 0 Å².